The van der Waals surface area contributed by atoms with Crippen LogP contribution in [0, 0.1) is 5.92 Å². The lowest BCUT2D eigenvalue weighted by molar-refractivity contribution is -0.139. The maximum absolute atomic E-state index is 11.0. The second-order valence-electron chi connectivity index (χ2n) is 4.16. The molecule has 0 bridgehead atoms. The predicted octanol–water partition coefficient (Wildman–Crippen LogP) is 0.435. The lowest BCUT2D eigenvalue weighted by Crippen LogP contribution is -2.40. The van der Waals surface area contributed by atoms with Crippen LogP contribution in [0.15, 0.2) is 30.3 Å². The Morgan fingerprint density at radius 2 is 1.83 bits per heavy atom. The van der Waals surface area contributed by atoms with Crippen LogP contribution >= 0.6 is 7.60 Å². The summed E-state index contributed by atoms with van der Waals surface area (Å²) in [7, 11) is -4.30. The second-order valence-corrected chi connectivity index (χ2v) is 5.86. The van der Waals surface area contributed by atoms with Gasteiger partial charge in [-0.3, -0.25) is 9.36 Å². The van der Waals surface area contributed by atoms with Gasteiger partial charge in [-0.25, -0.2) is 0 Å². The first-order valence-electron chi connectivity index (χ1n) is 5.36. The van der Waals surface area contributed by atoms with E-state index in [1.54, 1.807) is 30.3 Å². The zero-order valence-corrected chi connectivity index (χ0v) is 10.5. The third-order valence-corrected chi connectivity index (χ3v) is 3.55. The van der Waals surface area contributed by atoms with E-state index in [0.29, 0.717) is 0 Å². The lowest BCUT2D eigenvalue weighted by atomic mass is 9.94. The van der Waals surface area contributed by atoms with E-state index < -0.39 is 31.7 Å². The van der Waals surface area contributed by atoms with Crippen molar-refractivity contribution in [2.75, 3.05) is 6.16 Å². The highest BCUT2D eigenvalue weighted by atomic mass is 31.2. The van der Waals surface area contributed by atoms with Crippen LogP contribution in [0.1, 0.15) is 5.56 Å². The molecule has 18 heavy (non-hydrogen) atoms. The highest BCUT2D eigenvalue weighted by Crippen LogP contribution is 2.38. The summed E-state index contributed by atoms with van der Waals surface area (Å²) in [5.74, 6) is -2.06. The summed E-state index contributed by atoms with van der Waals surface area (Å²) in [4.78, 5) is 28.8. The molecule has 0 amide bonds. The zero-order chi connectivity index (χ0) is 13.8. The van der Waals surface area contributed by atoms with Gasteiger partial charge in [-0.1, -0.05) is 30.3 Å². The fourth-order valence-corrected chi connectivity index (χ4v) is 2.70. The molecule has 0 unspecified atom stereocenters. The highest BCUT2D eigenvalue weighted by Gasteiger charge is 2.30. The lowest BCUT2D eigenvalue weighted by Gasteiger charge is -2.21. The normalized spacial score (nSPS) is 15.1. The number of benzene rings is 1. The van der Waals surface area contributed by atoms with Crippen molar-refractivity contribution in [2.45, 2.75) is 12.5 Å². The van der Waals surface area contributed by atoms with E-state index in [-0.39, 0.29) is 6.42 Å². The molecule has 0 aliphatic heterocycles. The molecule has 100 valence electrons. The minimum absolute atomic E-state index is 0.222. The van der Waals surface area contributed by atoms with Gasteiger partial charge in [0.05, 0.1) is 6.16 Å². The Morgan fingerprint density at radius 3 is 2.28 bits per heavy atom. The van der Waals surface area contributed by atoms with E-state index in [1.807, 2.05) is 0 Å². The maximum atomic E-state index is 11.0. The molecule has 0 aromatic heterocycles. The van der Waals surface area contributed by atoms with Gasteiger partial charge < -0.3 is 20.6 Å². The molecule has 1 rings (SSSR count). The molecule has 1 aromatic rings. The summed E-state index contributed by atoms with van der Waals surface area (Å²) in [6.07, 6.45) is -0.311. The molecule has 0 spiro atoms. The molecule has 6 nitrogen and oxygen atoms in total. The number of carboxylic acids is 1. The predicted molar refractivity (Wildman–Crippen MR) is 66.2 cm³/mol. The summed E-state index contributed by atoms with van der Waals surface area (Å²) in [5, 5.41) is 8.85. The van der Waals surface area contributed by atoms with Gasteiger partial charge in [0.15, 0.2) is 0 Å². The average molecular weight is 273 g/mol. The number of carboxylic acid groups (broad SMARTS) is 1. The van der Waals surface area contributed by atoms with Crippen LogP contribution in [0.4, 0.5) is 0 Å². The Hall–Kier alpha value is -1.20. The molecule has 0 heterocycles. The highest BCUT2D eigenvalue weighted by molar-refractivity contribution is 7.51. The molecule has 0 aliphatic carbocycles. The fourth-order valence-electron chi connectivity index (χ4n) is 1.73. The minimum Gasteiger partial charge on any atom is -0.480 e. The Bertz CT molecular complexity index is 444. The van der Waals surface area contributed by atoms with E-state index in [9.17, 15) is 9.36 Å². The standard InChI is InChI=1S/C11H16NO5P/c12-10(11(13)14)9(7-18(15,16)17)6-8-4-2-1-3-5-8/h1-5,9-10H,6-7,12H2,(H,13,14)(H2,15,16,17)/t9-,10-/m1/s1. The van der Waals surface area contributed by atoms with Gasteiger partial charge in [0.1, 0.15) is 6.04 Å². The van der Waals surface area contributed by atoms with Gasteiger partial charge in [0.25, 0.3) is 0 Å². The summed E-state index contributed by atoms with van der Waals surface area (Å²) in [6, 6.07) is 7.59. The third kappa shape index (κ3) is 4.98. The van der Waals surface area contributed by atoms with Gasteiger partial charge in [0, 0.05) is 5.92 Å². The Labute approximate surface area is 105 Å². The van der Waals surface area contributed by atoms with Gasteiger partial charge in [-0.2, -0.15) is 0 Å². The quantitative estimate of drug-likeness (QED) is 0.558. The van der Waals surface area contributed by atoms with E-state index in [1.165, 1.54) is 0 Å². The zero-order valence-electron chi connectivity index (χ0n) is 9.64. The van der Waals surface area contributed by atoms with E-state index in [0.717, 1.165) is 5.56 Å². The monoisotopic (exact) mass is 273 g/mol. The van der Waals surface area contributed by atoms with Gasteiger partial charge in [-0.15, -0.1) is 0 Å². The first-order valence-corrected chi connectivity index (χ1v) is 7.16. The summed E-state index contributed by atoms with van der Waals surface area (Å²) in [6.45, 7) is 0. The molecular formula is C11H16NO5P. The van der Waals surface area contributed by atoms with Crippen molar-refractivity contribution in [3.05, 3.63) is 35.9 Å². The molecule has 0 fully saturated rings. The molecule has 7 heteroatoms. The number of hydrogen-bond donors (Lipinski definition) is 4. The summed E-state index contributed by atoms with van der Waals surface area (Å²) >= 11 is 0. The minimum atomic E-state index is -4.30. The molecule has 0 saturated heterocycles. The number of carbonyl (C=O) groups is 1. The van der Waals surface area contributed by atoms with Crippen molar-refractivity contribution in [3.63, 3.8) is 0 Å². The molecule has 0 saturated carbocycles. The van der Waals surface area contributed by atoms with Crippen molar-refractivity contribution in [2.24, 2.45) is 11.7 Å². The Kier molecular flexibility index (Phi) is 5.04. The van der Waals surface area contributed by atoms with Crippen LogP contribution in [-0.2, 0) is 15.8 Å². The number of rotatable bonds is 6. The molecule has 2 atom stereocenters. The van der Waals surface area contributed by atoms with Crippen molar-refractivity contribution < 1.29 is 24.3 Å². The largest absolute Gasteiger partial charge is 0.480 e. The van der Waals surface area contributed by atoms with Crippen LogP contribution in [0.5, 0.6) is 0 Å². The molecular weight excluding hydrogens is 257 g/mol. The van der Waals surface area contributed by atoms with Gasteiger partial charge >= 0.3 is 13.6 Å². The second kappa shape index (κ2) is 6.11. The maximum Gasteiger partial charge on any atom is 0.325 e. The van der Waals surface area contributed by atoms with E-state index in [2.05, 4.69) is 0 Å². The molecule has 0 aliphatic rings. The fraction of sp³-hybridized carbons (Fsp3) is 0.364. The topological polar surface area (TPSA) is 121 Å². The van der Waals surface area contributed by atoms with Crippen LogP contribution in [0.25, 0.3) is 0 Å². The van der Waals surface area contributed by atoms with Crippen LogP contribution < -0.4 is 5.73 Å². The van der Waals surface area contributed by atoms with Crippen LogP contribution in [0.3, 0.4) is 0 Å². The van der Waals surface area contributed by atoms with Crippen molar-refractivity contribution in [1.82, 2.24) is 0 Å². The first-order chi connectivity index (χ1) is 8.29. The first kappa shape index (κ1) is 14.9. The van der Waals surface area contributed by atoms with E-state index >= 15 is 0 Å². The molecule has 0 radical (unpaired) electrons. The Morgan fingerprint density at radius 1 is 1.28 bits per heavy atom. The molecule has 5 N–H and O–H groups in total. The van der Waals surface area contributed by atoms with Crippen molar-refractivity contribution in [3.8, 4) is 0 Å². The number of nitrogens with two attached hydrogens (primary N) is 1. The van der Waals surface area contributed by atoms with Gasteiger partial charge in [-0.05, 0) is 12.0 Å². The Balaban J connectivity index is 2.84. The smallest absolute Gasteiger partial charge is 0.325 e. The van der Waals surface area contributed by atoms with Crippen LogP contribution in [0.2, 0.25) is 0 Å². The average Bonchev–Trinajstić information content (AvgIpc) is 2.26. The molecule has 1 aromatic carbocycles. The number of hydrogen-bond acceptors (Lipinski definition) is 3. The van der Waals surface area contributed by atoms with Crippen LogP contribution in [-0.4, -0.2) is 33.1 Å². The van der Waals surface area contributed by atoms with Gasteiger partial charge in [0.2, 0.25) is 0 Å². The summed E-state index contributed by atoms with van der Waals surface area (Å²) in [5.41, 5.74) is 6.27. The van der Waals surface area contributed by atoms with E-state index in [4.69, 9.17) is 20.6 Å². The number of aliphatic carboxylic acids is 1. The summed E-state index contributed by atoms with van der Waals surface area (Å²) < 4.78 is 11.0. The van der Waals surface area contributed by atoms with Crippen molar-refractivity contribution in [1.29, 1.82) is 0 Å². The SMILES string of the molecule is N[C@@H](C(=O)O)[C@H](Cc1ccccc1)CP(=O)(O)O. The van der Waals surface area contributed by atoms with Crippen molar-refractivity contribution >= 4 is 13.6 Å². The third-order valence-electron chi connectivity index (χ3n) is 2.61.